The van der Waals surface area contributed by atoms with E-state index in [9.17, 15) is 0 Å². The van der Waals surface area contributed by atoms with E-state index in [1.54, 1.807) is 46.9 Å². The van der Waals surface area contributed by atoms with Crippen LogP contribution >= 0.6 is 34.3 Å². The lowest BCUT2D eigenvalue weighted by Gasteiger charge is -2.13. The van der Waals surface area contributed by atoms with Gasteiger partial charge >= 0.3 is 7.12 Å². The average molecular weight is 1220 g/mol. The molecule has 0 saturated heterocycles. The summed E-state index contributed by atoms with van der Waals surface area (Å²) in [6, 6.07) is 92.9. The number of aromatic nitrogens is 8. The van der Waals surface area contributed by atoms with Gasteiger partial charge in [0.25, 0.3) is 0 Å². The fraction of sp³-hybridized carbons (Fsp3) is 0. The Morgan fingerprint density at radius 1 is 0.289 bits per heavy atom. The molecule has 16 rings (SSSR count). The molecule has 16 aromatic rings. The standard InChI is InChI=1S/C38H24N4S.C32H19ClN4S.C6H7BO2/c1-4-12-25(13-5-1)28-22-29(31-20-21-39-34-32-18-10-11-19-33(32)43-35(31)34)24-30(23-28)38-41-36(26-14-6-2-7-15-26)40-37(42-38)27-16-8-3-9-17-27;33-24-18-22(25-15-16-34-28-26-13-7-8-14-27(26)38-29(25)28)17-23(19-24)32-36-30(20-9-3-1-4-10-20)35-31(37-32)21-11-5-2-6-12-21;8-7(9)6-4-2-1-3-5-6/h1-24H;1-19H;1-5,8-9H. The molecule has 428 valence electrons. The Morgan fingerprint density at radius 3 is 0.978 bits per heavy atom. The number of hydrogen-bond donors (Lipinski definition) is 2. The first-order valence-electron chi connectivity index (χ1n) is 29.0. The summed E-state index contributed by atoms with van der Waals surface area (Å²) in [5, 5.41) is 20.1. The molecule has 0 spiro atoms. The van der Waals surface area contributed by atoms with Crippen molar-refractivity contribution >= 4 is 87.5 Å². The van der Waals surface area contributed by atoms with Crippen molar-refractivity contribution in [2.75, 3.05) is 0 Å². The molecule has 0 aliphatic heterocycles. The molecular weight excluding hydrogens is 1170 g/mol. The van der Waals surface area contributed by atoms with Gasteiger partial charge in [0.1, 0.15) is 0 Å². The molecule has 0 aliphatic carbocycles. The maximum Gasteiger partial charge on any atom is 0.488 e. The van der Waals surface area contributed by atoms with Crippen molar-refractivity contribution in [1.82, 2.24) is 39.9 Å². The zero-order chi connectivity index (χ0) is 60.8. The number of halogens is 1. The largest absolute Gasteiger partial charge is 0.488 e. The van der Waals surface area contributed by atoms with Gasteiger partial charge in [0.05, 0.1) is 20.4 Å². The zero-order valence-electron chi connectivity index (χ0n) is 48.0. The lowest BCUT2D eigenvalue weighted by atomic mass is 9.81. The zero-order valence-corrected chi connectivity index (χ0v) is 50.3. The molecular formula is C76H50BClN8O2S2. The molecule has 0 bridgehead atoms. The molecule has 14 heteroatoms. The Bertz CT molecular complexity index is 5070. The van der Waals surface area contributed by atoms with E-state index in [0.29, 0.717) is 45.4 Å². The molecule has 0 amide bonds. The number of hydrogen-bond acceptors (Lipinski definition) is 12. The first-order valence-corrected chi connectivity index (χ1v) is 31.0. The highest BCUT2D eigenvalue weighted by Crippen LogP contribution is 2.43. The molecule has 0 unspecified atom stereocenters. The minimum Gasteiger partial charge on any atom is -0.423 e. The van der Waals surface area contributed by atoms with Gasteiger partial charge in [0.2, 0.25) is 0 Å². The second-order valence-electron chi connectivity index (χ2n) is 21.0. The Morgan fingerprint density at radius 2 is 0.589 bits per heavy atom. The van der Waals surface area contributed by atoms with Crippen molar-refractivity contribution in [1.29, 1.82) is 0 Å². The fourth-order valence-corrected chi connectivity index (χ4v) is 13.4. The highest BCUT2D eigenvalue weighted by atomic mass is 35.5. The number of pyridine rings is 2. The molecule has 2 N–H and O–H groups in total. The Labute approximate surface area is 532 Å². The van der Waals surface area contributed by atoms with E-state index in [1.807, 2.05) is 164 Å². The summed E-state index contributed by atoms with van der Waals surface area (Å²) in [4.78, 5) is 39.0. The Balaban J connectivity index is 0.000000139. The third kappa shape index (κ3) is 12.3. The van der Waals surface area contributed by atoms with Crippen LogP contribution in [-0.4, -0.2) is 57.0 Å². The lowest BCUT2D eigenvalue weighted by Crippen LogP contribution is -2.29. The summed E-state index contributed by atoms with van der Waals surface area (Å²) >= 11 is 10.2. The fourth-order valence-electron chi connectivity index (χ4n) is 10.7. The smallest absolute Gasteiger partial charge is 0.423 e. The number of thiophene rings is 2. The van der Waals surface area contributed by atoms with Gasteiger partial charge in [-0.05, 0) is 88.4 Å². The summed E-state index contributed by atoms with van der Waals surface area (Å²) in [7, 11) is -1.34. The summed E-state index contributed by atoms with van der Waals surface area (Å²) in [5.41, 5.74) is 14.6. The summed E-state index contributed by atoms with van der Waals surface area (Å²) in [6.45, 7) is 0. The maximum atomic E-state index is 8.58. The minimum absolute atomic E-state index is 0.525. The normalized spacial score (nSPS) is 11.1. The van der Waals surface area contributed by atoms with Crippen LogP contribution in [0.2, 0.25) is 5.02 Å². The van der Waals surface area contributed by atoms with E-state index in [0.717, 1.165) is 87.9 Å². The number of fused-ring (bicyclic) bond motifs is 6. The first kappa shape index (κ1) is 57.0. The van der Waals surface area contributed by atoms with Crippen molar-refractivity contribution < 1.29 is 10.0 Å². The van der Waals surface area contributed by atoms with Crippen LogP contribution in [0.25, 0.3) is 142 Å². The van der Waals surface area contributed by atoms with Crippen LogP contribution < -0.4 is 5.46 Å². The van der Waals surface area contributed by atoms with Crippen molar-refractivity contribution in [3.63, 3.8) is 0 Å². The Kier molecular flexibility index (Phi) is 16.4. The number of nitrogens with zero attached hydrogens (tertiary/aromatic N) is 8. The second-order valence-corrected chi connectivity index (χ2v) is 23.6. The molecule has 6 heterocycles. The molecule has 10 aromatic carbocycles. The maximum absolute atomic E-state index is 8.58. The molecule has 0 atom stereocenters. The summed E-state index contributed by atoms with van der Waals surface area (Å²) in [6.07, 6.45) is 3.77. The van der Waals surface area contributed by atoms with Crippen molar-refractivity contribution in [2.45, 2.75) is 0 Å². The topological polar surface area (TPSA) is 144 Å². The van der Waals surface area contributed by atoms with Crippen LogP contribution in [0.1, 0.15) is 0 Å². The first-order chi connectivity index (χ1) is 44.3. The minimum atomic E-state index is -1.34. The van der Waals surface area contributed by atoms with Crippen LogP contribution in [0.4, 0.5) is 0 Å². The average Bonchev–Trinajstić information content (AvgIpc) is 1.64. The van der Waals surface area contributed by atoms with Gasteiger partial charge in [-0.1, -0.05) is 230 Å². The third-order valence-electron chi connectivity index (χ3n) is 15.1. The highest BCUT2D eigenvalue weighted by Gasteiger charge is 2.20. The number of benzene rings is 10. The molecule has 10 nitrogen and oxygen atoms in total. The van der Waals surface area contributed by atoms with Gasteiger partial charge in [-0.3, -0.25) is 9.97 Å². The quantitative estimate of drug-likeness (QED) is 0.127. The van der Waals surface area contributed by atoms with Gasteiger partial charge in [0.15, 0.2) is 34.9 Å². The van der Waals surface area contributed by atoms with Gasteiger partial charge in [-0.2, -0.15) is 0 Å². The van der Waals surface area contributed by atoms with Gasteiger partial charge in [0, 0.05) is 82.1 Å². The van der Waals surface area contributed by atoms with E-state index in [2.05, 4.69) is 103 Å². The van der Waals surface area contributed by atoms with Gasteiger partial charge < -0.3 is 10.0 Å². The Hall–Kier alpha value is -10.8. The van der Waals surface area contributed by atoms with E-state index < -0.39 is 7.12 Å². The summed E-state index contributed by atoms with van der Waals surface area (Å²) < 4.78 is 4.74. The summed E-state index contributed by atoms with van der Waals surface area (Å²) in [5.74, 6) is 3.73. The monoisotopic (exact) mass is 1220 g/mol. The number of rotatable bonds is 10. The molecule has 6 aromatic heterocycles. The van der Waals surface area contributed by atoms with Crippen LogP contribution in [0, 0.1) is 0 Å². The molecule has 0 radical (unpaired) electrons. The molecule has 0 aliphatic rings. The van der Waals surface area contributed by atoms with Crippen molar-refractivity contribution in [3.05, 3.63) is 296 Å². The highest BCUT2D eigenvalue weighted by molar-refractivity contribution is 7.26. The van der Waals surface area contributed by atoms with E-state index >= 15 is 0 Å². The van der Waals surface area contributed by atoms with E-state index in [4.69, 9.17) is 61.5 Å². The van der Waals surface area contributed by atoms with Crippen molar-refractivity contribution in [2.24, 2.45) is 0 Å². The SMILES string of the molecule is Clc1cc(-c2nc(-c3ccccc3)nc(-c3ccccc3)n2)cc(-c2ccnc3c2sc2ccccc23)c1.OB(O)c1ccccc1.c1ccc(-c2cc(-c3nc(-c4ccccc4)nc(-c4ccccc4)n3)cc(-c3ccnc4c3sc3ccccc34)c2)cc1. The molecule has 0 fully saturated rings. The van der Waals surface area contributed by atoms with Crippen LogP contribution in [0.3, 0.4) is 0 Å². The van der Waals surface area contributed by atoms with E-state index in [1.165, 1.54) is 19.5 Å². The second kappa shape index (κ2) is 25.9. The van der Waals surface area contributed by atoms with Crippen LogP contribution in [0.15, 0.2) is 291 Å². The molecule has 90 heavy (non-hydrogen) atoms. The third-order valence-corrected chi connectivity index (χ3v) is 17.7. The van der Waals surface area contributed by atoms with E-state index in [-0.39, 0.29) is 0 Å². The van der Waals surface area contributed by atoms with Crippen molar-refractivity contribution in [3.8, 4) is 102 Å². The predicted octanol–water partition coefficient (Wildman–Crippen LogP) is 18.3. The van der Waals surface area contributed by atoms with Gasteiger partial charge in [-0.15, -0.1) is 22.7 Å². The predicted molar refractivity (Wildman–Crippen MR) is 371 cm³/mol. The van der Waals surface area contributed by atoms with Crippen LogP contribution in [0.5, 0.6) is 0 Å². The van der Waals surface area contributed by atoms with Gasteiger partial charge in [-0.25, -0.2) is 29.9 Å². The lowest BCUT2D eigenvalue weighted by molar-refractivity contribution is 0.426. The van der Waals surface area contributed by atoms with Crippen LogP contribution in [-0.2, 0) is 0 Å². The molecule has 0 saturated carbocycles.